The molecular formula is C21H19N7O2. The minimum absolute atomic E-state index is 0.160. The van der Waals surface area contributed by atoms with Crippen molar-refractivity contribution in [1.82, 2.24) is 25.1 Å². The van der Waals surface area contributed by atoms with Gasteiger partial charge in [-0.1, -0.05) is 18.2 Å². The van der Waals surface area contributed by atoms with E-state index in [-0.39, 0.29) is 17.4 Å². The molecule has 0 bridgehead atoms. The Balaban J connectivity index is 1.74. The molecule has 3 heterocycles. The summed E-state index contributed by atoms with van der Waals surface area (Å²) in [6.07, 6.45) is 3.12. The van der Waals surface area contributed by atoms with Crippen molar-refractivity contribution < 1.29 is 9.21 Å². The summed E-state index contributed by atoms with van der Waals surface area (Å²) in [6.45, 7) is 3.43. The first-order valence-corrected chi connectivity index (χ1v) is 9.15. The van der Waals surface area contributed by atoms with Crippen LogP contribution in [0.4, 0.5) is 5.82 Å². The van der Waals surface area contributed by atoms with Gasteiger partial charge in [0.15, 0.2) is 11.5 Å². The third-order valence-electron chi connectivity index (χ3n) is 4.76. The van der Waals surface area contributed by atoms with E-state index in [9.17, 15) is 4.79 Å². The number of hydrogen-bond acceptors (Lipinski definition) is 8. The number of rotatable bonds is 5. The van der Waals surface area contributed by atoms with Crippen LogP contribution < -0.4 is 11.5 Å². The van der Waals surface area contributed by atoms with Crippen LogP contribution in [0.3, 0.4) is 0 Å². The summed E-state index contributed by atoms with van der Waals surface area (Å²) in [4.78, 5) is 24.8. The zero-order valence-electron chi connectivity index (χ0n) is 16.4. The topological polar surface area (TPSA) is 147 Å². The predicted octanol–water partition coefficient (Wildman–Crippen LogP) is 2.60. The molecule has 150 valence electrons. The Kier molecular flexibility index (Phi) is 4.71. The van der Waals surface area contributed by atoms with Crippen LogP contribution in [0.5, 0.6) is 0 Å². The second-order valence-electron chi connectivity index (χ2n) is 7.19. The lowest BCUT2D eigenvalue weighted by Crippen LogP contribution is -2.36. The third-order valence-corrected chi connectivity index (χ3v) is 4.76. The number of aromatic nitrogens is 5. The summed E-state index contributed by atoms with van der Waals surface area (Å²) in [5.41, 5.74) is 13.4. The van der Waals surface area contributed by atoms with Gasteiger partial charge in [-0.05, 0) is 38.1 Å². The van der Waals surface area contributed by atoms with Gasteiger partial charge in [-0.15, -0.1) is 10.2 Å². The first-order chi connectivity index (χ1) is 14.4. The molecule has 30 heavy (non-hydrogen) atoms. The van der Waals surface area contributed by atoms with Crippen LogP contribution in [0, 0.1) is 0 Å². The van der Waals surface area contributed by atoms with E-state index >= 15 is 0 Å². The van der Waals surface area contributed by atoms with Crippen molar-refractivity contribution in [2.75, 3.05) is 5.73 Å². The summed E-state index contributed by atoms with van der Waals surface area (Å²) < 4.78 is 5.76. The maximum atomic E-state index is 11.8. The van der Waals surface area contributed by atoms with Gasteiger partial charge in [0.25, 0.3) is 5.89 Å². The molecule has 0 fully saturated rings. The lowest BCUT2D eigenvalue weighted by Gasteiger charge is -2.20. The standard InChI is InChI=1S/C21H19N7O2/c1-21(2,20(23)29)15-10-13(8-9-24-15)14-11-25-17(22)16(26-14)19-28-27-18(30-19)12-6-4-3-5-7-12/h3-11H,1-2H3,(H2,22,25)(H2,23,29). The molecule has 4 rings (SSSR count). The number of pyridine rings is 1. The number of primary amides is 1. The van der Waals surface area contributed by atoms with Crippen molar-refractivity contribution in [2.24, 2.45) is 5.73 Å². The van der Waals surface area contributed by atoms with Gasteiger partial charge in [0, 0.05) is 17.3 Å². The van der Waals surface area contributed by atoms with E-state index in [0.29, 0.717) is 22.8 Å². The Morgan fingerprint density at radius 2 is 1.73 bits per heavy atom. The molecular weight excluding hydrogens is 382 g/mol. The maximum absolute atomic E-state index is 11.8. The minimum Gasteiger partial charge on any atom is -0.414 e. The average molecular weight is 401 g/mol. The molecule has 1 aromatic carbocycles. The number of carbonyl (C=O) groups excluding carboxylic acids is 1. The van der Waals surface area contributed by atoms with E-state index in [1.165, 1.54) is 6.20 Å². The van der Waals surface area contributed by atoms with E-state index in [2.05, 4.69) is 25.1 Å². The molecule has 9 heteroatoms. The largest absolute Gasteiger partial charge is 0.414 e. The lowest BCUT2D eigenvalue weighted by atomic mass is 9.87. The van der Waals surface area contributed by atoms with Crippen LogP contribution in [0.15, 0.2) is 59.3 Å². The number of nitrogens with zero attached hydrogens (tertiary/aromatic N) is 5. The molecule has 4 N–H and O–H groups in total. The van der Waals surface area contributed by atoms with Crippen molar-refractivity contribution >= 4 is 11.7 Å². The van der Waals surface area contributed by atoms with Crippen molar-refractivity contribution in [3.63, 3.8) is 0 Å². The number of nitrogen functional groups attached to an aromatic ring is 1. The third kappa shape index (κ3) is 3.48. The highest BCUT2D eigenvalue weighted by Crippen LogP contribution is 2.29. The zero-order valence-corrected chi connectivity index (χ0v) is 16.4. The van der Waals surface area contributed by atoms with Crippen LogP contribution in [0.25, 0.3) is 34.3 Å². The van der Waals surface area contributed by atoms with Gasteiger partial charge in [-0.25, -0.2) is 9.97 Å². The number of nitrogens with two attached hydrogens (primary N) is 2. The van der Waals surface area contributed by atoms with Crippen LogP contribution in [0.1, 0.15) is 19.5 Å². The molecule has 0 saturated carbocycles. The molecule has 0 spiro atoms. The van der Waals surface area contributed by atoms with Gasteiger partial charge < -0.3 is 15.9 Å². The Morgan fingerprint density at radius 3 is 2.47 bits per heavy atom. The molecule has 1 amide bonds. The number of anilines is 1. The first-order valence-electron chi connectivity index (χ1n) is 9.15. The summed E-state index contributed by atoms with van der Waals surface area (Å²) >= 11 is 0. The molecule has 0 atom stereocenters. The second kappa shape index (κ2) is 7.36. The molecule has 0 aliphatic heterocycles. The van der Waals surface area contributed by atoms with Crippen LogP contribution in [-0.2, 0) is 10.2 Å². The highest BCUT2D eigenvalue weighted by molar-refractivity contribution is 5.85. The van der Waals surface area contributed by atoms with E-state index in [0.717, 1.165) is 5.56 Å². The summed E-state index contributed by atoms with van der Waals surface area (Å²) in [6, 6.07) is 12.9. The van der Waals surface area contributed by atoms with E-state index in [1.807, 2.05) is 30.3 Å². The van der Waals surface area contributed by atoms with E-state index in [1.54, 1.807) is 32.2 Å². The van der Waals surface area contributed by atoms with Gasteiger partial charge in [0.05, 0.1) is 23.0 Å². The molecule has 3 aromatic heterocycles. The van der Waals surface area contributed by atoms with Gasteiger partial charge in [0.2, 0.25) is 11.8 Å². The molecule has 0 aliphatic carbocycles. The highest BCUT2D eigenvalue weighted by Gasteiger charge is 2.29. The molecule has 0 radical (unpaired) electrons. The summed E-state index contributed by atoms with van der Waals surface area (Å²) in [5.74, 6) is 0.198. The molecule has 4 aromatic rings. The monoisotopic (exact) mass is 401 g/mol. The Labute approximate surface area is 172 Å². The van der Waals surface area contributed by atoms with Crippen LogP contribution in [-0.4, -0.2) is 31.1 Å². The molecule has 0 saturated heterocycles. The van der Waals surface area contributed by atoms with Gasteiger partial charge in [-0.3, -0.25) is 9.78 Å². The summed E-state index contributed by atoms with van der Waals surface area (Å²) in [7, 11) is 0. The lowest BCUT2D eigenvalue weighted by molar-refractivity contribution is -0.122. The Bertz CT molecular complexity index is 1220. The van der Waals surface area contributed by atoms with Gasteiger partial charge in [0.1, 0.15) is 0 Å². The fraction of sp³-hybridized carbons (Fsp3) is 0.143. The quantitative estimate of drug-likeness (QED) is 0.519. The van der Waals surface area contributed by atoms with Crippen LogP contribution >= 0.6 is 0 Å². The van der Waals surface area contributed by atoms with Gasteiger partial charge >= 0.3 is 0 Å². The number of carbonyl (C=O) groups is 1. The smallest absolute Gasteiger partial charge is 0.270 e. The number of benzene rings is 1. The fourth-order valence-electron chi connectivity index (χ4n) is 2.77. The summed E-state index contributed by atoms with van der Waals surface area (Å²) in [5, 5.41) is 8.14. The minimum atomic E-state index is -0.933. The fourth-order valence-corrected chi connectivity index (χ4v) is 2.77. The van der Waals surface area contributed by atoms with Gasteiger partial charge in [-0.2, -0.15) is 0 Å². The van der Waals surface area contributed by atoms with Crippen molar-refractivity contribution in [3.05, 3.63) is 60.6 Å². The van der Waals surface area contributed by atoms with Crippen LogP contribution in [0.2, 0.25) is 0 Å². The molecule has 0 unspecified atom stereocenters. The molecule has 9 nitrogen and oxygen atoms in total. The van der Waals surface area contributed by atoms with E-state index < -0.39 is 11.3 Å². The van der Waals surface area contributed by atoms with Crippen molar-refractivity contribution in [2.45, 2.75) is 19.3 Å². The Morgan fingerprint density at radius 1 is 1.00 bits per heavy atom. The number of hydrogen-bond donors (Lipinski definition) is 2. The van der Waals surface area contributed by atoms with Crippen molar-refractivity contribution in [3.8, 4) is 34.3 Å². The normalized spacial score (nSPS) is 11.4. The maximum Gasteiger partial charge on any atom is 0.270 e. The average Bonchev–Trinajstić information content (AvgIpc) is 3.25. The van der Waals surface area contributed by atoms with Crippen molar-refractivity contribution in [1.29, 1.82) is 0 Å². The molecule has 0 aliphatic rings. The SMILES string of the molecule is CC(C)(C(N)=O)c1cc(-c2cnc(N)c(-c3nnc(-c4ccccc4)o3)n2)ccn1. The highest BCUT2D eigenvalue weighted by atomic mass is 16.4. The predicted molar refractivity (Wildman–Crippen MR) is 111 cm³/mol. The second-order valence-corrected chi connectivity index (χ2v) is 7.19. The first kappa shape index (κ1) is 19.2. The van der Waals surface area contributed by atoms with E-state index in [4.69, 9.17) is 15.9 Å². The Hall–Kier alpha value is -4.14. The number of amides is 1. The zero-order chi connectivity index (χ0) is 21.3.